The van der Waals surface area contributed by atoms with Gasteiger partial charge in [0.25, 0.3) is 0 Å². The zero-order valence-electron chi connectivity index (χ0n) is 12.2. The zero-order valence-corrected chi connectivity index (χ0v) is 12.2. The van der Waals surface area contributed by atoms with Gasteiger partial charge < -0.3 is 15.5 Å². The molecule has 0 aromatic carbocycles. The van der Waals surface area contributed by atoms with Crippen molar-refractivity contribution < 1.29 is 0 Å². The van der Waals surface area contributed by atoms with Crippen molar-refractivity contribution in [2.45, 2.75) is 39.7 Å². The molecule has 0 spiro atoms. The van der Waals surface area contributed by atoms with E-state index in [1.807, 2.05) is 0 Å². The summed E-state index contributed by atoms with van der Waals surface area (Å²) in [5, 5.41) is 6.85. The summed E-state index contributed by atoms with van der Waals surface area (Å²) >= 11 is 0. The third-order valence-corrected chi connectivity index (χ3v) is 3.72. The highest BCUT2D eigenvalue weighted by Crippen LogP contribution is 2.21. The first-order valence-electron chi connectivity index (χ1n) is 7.29. The summed E-state index contributed by atoms with van der Waals surface area (Å²) in [6, 6.07) is 0.497. The Labute approximate surface area is 115 Å². The van der Waals surface area contributed by atoms with Crippen molar-refractivity contribution in [2.75, 3.05) is 36.8 Å². The van der Waals surface area contributed by atoms with Gasteiger partial charge in [-0.15, -0.1) is 0 Å². The Bertz CT molecular complexity index is 407. The molecule has 1 saturated heterocycles. The predicted molar refractivity (Wildman–Crippen MR) is 79.7 cm³/mol. The standard InChI is InChI=1S/C14H25N5/c1-4-15-13-11(3)14(17-10-16-13)18-12-7-6-8-19(5-2)9-12/h10,12H,4-9H2,1-3H3,(H2,15,16,17,18). The molecule has 1 fully saturated rings. The van der Waals surface area contributed by atoms with Crippen molar-refractivity contribution in [1.82, 2.24) is 14.9 Å². The highest BCUT2D eigenvalue weighted by atomic mass is 15.2. The number of piperidine rings is 1. The lowest BCUT2D eigenvalue weighted by Gasteiger charge is -2.32. The number of anilines is 2. The highest BCUT2D eigenvalue weighted by Gasteiger charge is 2.19. The van der Waals surface area contributed by atoms with E-state index in [0.717, 1.165) is 36.8 Å². The van der Waals surface area contributed by atoms with Gasteiger partial charge in [0.15, 0.2) is 0 Å². The van der Waals surface area contributed by atoms with E-state index >= 15 is 0 Å². The van der Waals surface area contributed by atoms with Crippen molar-refractivity contribution in [3.8, 4) is 0 Å². The van der Waals surface area contributed by atoms with Crippen LogP contribution in [0.4, 0.5) is 11.6 Å². The molecule has 1 unspecified atom stereocenters. The van der Waals surface area contributed by atoms with Gasteiger partial charge in [-0.25, -0.2) is 9.97 Å². The minimum absolute atomic E-state index is 0.497. The number of nitrogens with one attached hydrogen (secondary N) is 2. The number of rotatable bonds is 5. The van der Waals surface area contributed by atoms with Crippen LogP contribution >= 0.6 is 0 Å². The highest BCUT2D eigenvalue weighted by molar-refractivity contribution is 5.56. The number of likely N-dealkylation sites (tertiary alicyclic amines) is 1. The Hall–Kier alpha value is -1.36. The van der Waals surface area contributed by atoms with Gasteiger partial charge in [0.2, 0.25) is 0 Å². The molecule has 5 heteroatoms. The molecule has 0 saturated carbocycles. The Morgan fingerprint density at radius 2 is 2.11 bits per heavy atom. The fourth-order valence-electron chi connectivity index (χ4n) is 2.60. The first kappa shape index (κ1) is 14.1. The molecule has 1 aliphatic heterocycles. The van der Waals surface area contributed by atoms with Crippen molar-refractivity contribution in [3.63, 3.8) is 0 Å². The first-order valence-corrected chi connectivity index (χ1v) is 7.29. The Kier molecular flexibility index (Phi) is 4.96. The van der Waals surface area contributed by atoms with Gasteiger partial charge in [0.05, 0.1) is 0 Å². The van der Waals surface area contributed by atoms with E-state index < -0.39 is 0 Å². The molecule has 2 N–H and O–H groups in total. The lowest BCUT2D eigenvalue weighted by Crippen LogP contribution is -2.42. The van der Waals surface area contributed by atoms with E-state index in [-0.39, 0.29) is 0 Å². The van der Waals surface area contributed by atoms with Crippen molar-refractivity contribution in [3.05, 3.63) is 11.9 Å². The molecular weight excluding hydrogens is 238 g/mol. The van der Waals surface area contributed by atoms with Crippen LogP contribution in [-0.4, -0.2) is 47.1 Å². The molecule has 19 heavy (non-hydrogen) atoms. The molecule has 1 atom stereocenters. The third kappa shape index (κ3) is 3.56. The number of hydrogen-bond acceptors (Lipinski definition) is 5. The largest absolute Gasteiger partial charge is 0.370 e. The predicted octanol–water partition coefficient (Wildman–Crippen LogP) is 2.11. The van der Waals surface area contributed by atoms with Crippen LogP contribution in [0.15, 0.2) is 6.33 Å². The number of likely N-dealkylation sites (N-methyl/N-ethyl adjacent to an activating group) is 1. The number of nitrogens with zero attached hydrogens (tertiary/aromatic N) is 3. The molecule has 1 aromatic heterocycles. The maximum atomic E-state index is 4.39. The average Bonchev–Trinajstić information content (AvgIpc) is 2.44. The van der Waals surface area contributed by atoms with Crippen LogP contribution in [-0.2, 0) is 0 Å². The topological polar surface area (TPSA) is 53.1 Å². The van der Waals surface area contributed by atoms with Gasteiger partial charge in [-0.2, -0.15) is 0 Å². The van der Waals surface area contributed by atoms with Gasteiger partial charge in [0, 0.05) is 24.7 Å². The lowest BCUT2D eigenvalue weighted by molar-refractivity contribution is 0.226. The smallest absolute Gasteiger partial charge is 0.134 e. The van der Waals surface area contributed by atoms with Gasteiger partial charge in [-0.3, -0.25) is 0 Å². The maximum absolute atomic E-state index is 4.39. The van der Waals surface area contributed by atoms with E-state index in [1.165, 1.54) is 19.4 Å². The van der Waals surface area contributed by atoms with Crippen molar-refractivity contribution >= 4 is 11.6 Å². The molecule has 0 bridgehead atoms. The molecule has 5 nitrogen and oxygen atoms in total. The summed E-state index contributed by atoms with van der Waals surface area (Å²) < 4.78 is 0. The van der Waals surface area contributed by atoms with Crippen molar-refractivity contribution in [1.29, 1.82) is 0 Å². The van der Waals surface area contributed by atoms with Crippen LogP contribution < -0.4 is 10.6 Å². The van der Waals surface area contributed by atoms with Gasteiger partial charge in [-0.05, 0) is 39.8 Å². The Morgan fingerprint density at radius 3 is 2.84 bits per heavy atom. The van der Waals surface area contributed by atoms with Crippen LogP contribution in [0.3, 0.4) is 0 Å². The molecular formula is C14H25N5. The summed E-state index contributed by atoms with van der Waals surface area (Å²) in [5.41, 5.74) is 1.11. The summed E-state index contributed by atoms with van der Waals surface area (Å²) in [5.74, 6) is 1.90. The molecule has 2 rings (SSSR count). The zero-order chi connectivity index (χ0) is 13.7. The monoisotopic (exact) mass is 263 g/mol. The Balaban J connectivity index is 2.04. The molecule has 0 amide bonds. The Morgan fingerprint density at radius 1 is 1.32 bits per heavy atom. The van der Waals surface area contributed by atoms with Gasteiger partial charge in [0.1, 0.15) is 18.0 Å². The van der Waals surface area contributed by atoms with Crippen LogP contribution in [0, 0.1) is 6.92 Å². The van der Waals surface area contributed by atoms with Crippen molar-refractivity contribution in [2.24, 2.45) is 0 Å². The first-order chi connectivity index (χ1) is 9.24. The average molecular weight is 263 g/mol. The molecule has 2 heterocycles. The summed E-state index contributed by atoms with van der Waals surface area (Å²) in [4.78, 5) is 11.2. The number of hydrogen-bond donors (Lipinski definition) is 2. The van der Waals surface area contributed by atoms with Gasteiger partial charge >= 0.3 is 0 Å². The molecule has 1 aromatic rings. The molecule has 106 valence electrons. The van der Waals surface area contributed by atoms with Crippen LogP contribution in [0.25, 0.3) is 0 Å². The van der Waals surface area contributed by atoms with Crippen LogP contribution in [0.1, 0.15) is 32.3 Å². The van der Waals surface area contributed by atoms with E-state index in [2.05, 4.69) is 46.3 Å². The minimum atomic E-state index is 0.497. The minimum Gasteiger partial charge on any atom is -0.370 e. The molecule has 0 radical (unpaired) electrons. The number of aromatic nitrogens is 2. The fraction of sp³-hybridized carbons (Fsp3) is 0.714. The molecule has 0 aliphatic carbocycles. The van der Waals surface area contributed by atoms with E-state index in [0.29, 0.717) is 6.04 Å². The second-order valence-corrected chi connectivity index (χ2v) is 5.10. The molecule has 1 aliphatic rings. The SMILES string of the molecule is CCNc1ncnc(NC2CCCN(CC)C2)c1C. The maximum Gasteiger partial charge on any atom is 0.134 e. The van der Waals surface area contributed by atoms with Crippen LogP contribution in [0.2, 0.25) is 0 Å². The van der Waals surface area contributed by atoms with Crippen LogP contribution in [0.5, 0.6) is 0 Å². The van der Waals surface area contributed by atoms with E-state index in [9.17, 15) is 0 Å². The second kappa shape index (κ2) is 6.70. The summed E-state index contributed by atoms with van der Waals surface area (Å²) in [6.07, 6.45) is 4.11. The lowest BCUT2D eigenvalue weighted by atomic mass is 10.1. The van der Waals surface area contributed by atoms with E-state index in [1.54, 1.807) is 6.33 Å². The fourth-order valence-corrected chi connectivity index (χ4v) is 2.60. The summed E-state index contributed by atoms with van der Waals surface area (Å²) in [7, 11) is 0. The van der Waals surface area contributed by atoms with Gasteiger partial charge in [-0.1, -0.05) is 6.92 Å². The second-order valence-electron chi connectivity index (χ2n) is 5.10. The third-order valence-electron chi connectivity index (χ3n) is 3.72. The summed E-state index contributed by atoms with van der Waals surface area (Å²) in [6.45, 7) is 10.7. The van der Waals surface area contributed by atoms with E-state index in [4.69, 9.17) is 0 Å². The normalized spacial score (nSPS) is 20.3. The quantitative estimate of drug-likeness (QED) is 0.852.